The lowest BCUT2D eigenvalue weighted by Crippen LogP contribution is -2.00. The fraction of sp³-hybridized carbons (Fsp3) is 0.133. The summed E-state index contributed by atoms with van der Waals surface area (Å²) in [4.78, 5) is 10.7. The van der Waals surface area contributed by atoms with Gasteiger partial charge in [-0.05, 0) is 29.3 Å². The summed E-state index contributed by atoms with van der Waals surface area (Å²) in [6, 6.07) is 11.2. The Hall–Kier alpha value is -2.36. The van der Waals surface area contributed by atoms with Gasteiger partial charge in [-0.15, -0.1) is 0 Å². The molecule has 0 fully saturated rings. The first-order valence-electron chi connectivity index (χ1n) is 5.75. The van der Waals surface area contributed by atoms with Crippen molar-refractivity contribution in [2.45, 2.75) is 6.42 Å². The number of hydrogen-bond acceptors (Lipinski definition) is 2. The van der Waals surface area contributed by atoms with Gasteiger partial charge in [-0.1, -0.05) is 24.3 Å². The number of halogens is 1. The summed E-state index contributed by atoms with van der Waals surface area (Å²) in [6.45, 7) is 0. The number of carboxylic acids is 1. The summed E-state index contributed by atoms with van der Waals surface area (Å²) < 4.78 is 18.5. The topological polar surface area (TPSA) is 46.5 Å². The molecule has 3 nitrogen and oxygen atoms in total. The van der Waals surface area contributed by atoms with Crippen LogP contribution in [-0.2, 0) is 11.2 Å². The highest BCUT2D eigenvalue weighted by Gasteiger charge is 2.09. The summed E-state index contributed by atoms with van der Waals surface area (Å²) in [5.74, 6) is -0.711. The van der Waals surface area contributed by atoms with Crippen LogP contribution in [0.3, 0.4) is 0 Å². The molecule has 0 aliphatic carbocycles. The Labute approximate surface area is 110 Å². The molecular formula is C15H13FO3. The lowest BCUT2D eigenvalue weighted by atomic mass is 10.0. The van der Waals surface area contributed by atoms with Gasteiger partial charge in [0.1, 0.15) is 11.6 Å². The molecular weight excluding hydrogens is 247 g/mol. The lowest BCUT2D eigenvalue weighted by molar-refractivity contribution is -0.136. The van der Waals surface area contributed by atoms with Crippen molar-refractivity contribution in [2.24, 2.45) is 0 Å². The van der Waals surface area contributed by atoms with Crippen LogP contribution in [0.25, 0.3) is 11.1 Å². The highest BCUT2D eigenvalue weighted by molar-refractivity contribution is 5.74. The number of rotatable bonds is 4. The third kappa shape index (κ3) is 3.10. The third-order valence-electron chi connectivity index (χ3n) is 2.75. The van der Waals surface area contributed by atoms with Crippen molar-refractivity contribution >= 4 is 5.97 Å². The van der Waals surface area contributed by atoms with Crippen molar-refractivity contribution in [1.29, 1.82) is 0 Å². The third-order valence-corrected chi connectivity index (χ3v) is 2.75. The van der Waals surface area contributed by atoms with Crippen molar-refractivity contribution in [2.75, 3.05) is 7.11 Å². The molecule has 0 aliphatic rings. The Kier molecular flexibility index (Phi) is 3.80. The van der Waals surface area contributed by atoms with Gasteiger partial charge in [-0.25, -0.2) is 4.39 Å². The highest BCUT2D eigenvalue weighted by atomic mass is 19.1. The van der Waals surface area contributed by atoms with Crippen LogP contribution in [0.2, 0.25) is 0 Å². The van der Waals surface area contributed by atoms with E-state index in [1.54, 1.807) is 30.3 Å². The number of hydrogen-bond donors (Lipinski definition) is 1. The molecule has 0 unspecified atom stereocenters. The molecule has 4 heteroatoms. The molecule has 0 spiro atoms. The second-order valence-electron chi connectivity index (χ2n) is 4.12. The molecule has 0 amide bonds. The SMILES string of the molecule is COc1ccc(F)cc1-c1cccc(CC(=O)O)c1. The first kappa shape index (κ1) is 13.1. The molecule has 2 aromatic rings. The van der Waals surface area contributed by atoms with Crippen molar-refractivity contribution in [3.05, 3.63) is 53.8 Å². The first-order valence-corrected chi connectivity index (χ1v) is 5.75. The zero-order valence-electron chi connectivity index (χ0n) is 10.4. The molecule has 98 valence electrons. The predicted octanol–water partition coefficient (Wildman–Crippen LogP) is 3.13. The van der Waals surface area contributed by atoms with Crippen LogP contribution in [0.5, 0.6) is 5.75 Å². The lowest BCUT2D eigenvalue weighted by Gasteiger charge is -2.09. The van der Waals surface area contributed by atoms with E-state index in [0.29, 0.717) is 16.9 Å². The van der Waals surface area contributed by atoms with Gasteiger partial charge in [0.25, 0.3) is 0 Å². The van der Waals surface area contributed by atoms with Gasteiger partial charge < -0.3 is 9.84 Å². The number of benzene rings is 2. The quantitative estimate of drug-likeness (QED) is 0.918. The van der Waals surface area contributed by atoms with Crippen molar-refractivity contribution in [3.63, 3.8) is 0 Å². The molecule has 0 atom stereocenters. The molecule has 0 heterocycles. The summed E-state index contributed by atoms with van der Waals surface area (Å²) in [6.07, 6.45) is -0.0640. The molecule has 0 aromatic heterocycles. The van der Waals surface area contributed by atoms with Gasteiger partial charge in [0.05, 0.1) is 13.5 Å². The molecule has 2 rings (SSSR count). The zero-order valence-corrected chi connectivity index (χ0v) is 10.4. The molecule has 19 heavy (non-hydrogen) atoms. The van der Waals surface area contributed by atoms with E-state index in [0.717, 1.165) is 5.56 Å². The Morgan fingerprint density at radius 3 is 2.74 bits per heavy atom. The van der Waals surface area contributed by atoms with Crippen LogP contribution in [-0.4, -0.2) is 18.2 Å². The van der Waals surface area contributed by atoms with Gasteiger partial charge >= 0.3 is 5.97 Å². The summed E-state index contributed by atoms with van der Waals surface area (Å²) in [7, 11) is 1.51. The number of carboxylic acid groups (broad SMARTS) is 1. The Balaban J connectivity index is 2.46. The number of carbonyl (C=O) groups is 1. The largest absolute Gasteiger partial charge is 0.496 e. The van der Waals surface area contributed by atoms with E-state index in [2.05, 4.69) is 0 Å². The molecule has 0 saturated heterocycles. The van der Waals surface area contributed by atoms with Gasteiger partial charge in [0.15, 0.2) is 0 Å². The second kappa shape index (κ2) is 5.52. The first-order chi connectivity index (χ1) is 9.10. The van der Waals surface area contributed by atoms with Crippen LogP contribution in [0, 0.1) is 5.82 Å². The summed E-state index contributed by atoms with van der Waals surface area (Å²) in [5, 5.41) is 8.79. The van der Waals surface area contributed by atoms with E-state index in [9.17, 15) is 9.18 Å². The number of methoxy groups -OCH3 is 1. The van der Waals surface area contributed by atoms with Gasteiger partial charge in [0.2, 0.25) is 0 Å². The van der Waals surface area contributed by atoms with E-state index in [4.69, 9.17) is 9.84 Å². The van der Waals surface area contributed by atoms with Crippen LogP contribution in [0.15, 0.2) is 42.5 Å². The average molecular weight is 260 g/mol. The van der Waals surface area contributed by atoms with Crippen LogP contribution in [0.4, 0.5) is 4.39 Å². The van der Waals surface area contributed by atoms with E-state index < -0.39 is 5.97 Å². The van der Waals surface area contributed by atoms with Crippen molar-refractivity contribution in [1.82, 2.24) is 0 Å². The second-order valence-corrected chi connectivity index (χ2v) is 4.12. The fourth-order valence-electron chi connectivity index (χ4n) is 1.93. The monoisotopic (exact) mass is 260 g/mol. The van der Waals surface area contributed by atoms with Crippen molar-refractivity contribution in [3.8, 4) is 16.9 Å². The van der Waals surface area contributed by atoms with E-state index in [-0.39, 0.29) is 12.2 Å². The molecule has 0 aliphatic heterocycles. The molecule has 0 saturated carbocycles. The summed E-state index contributed by atoms with van der Waals surface area (Å²) in [5.41, 5.74) is 2.00. The Morgan fingerprint density at radius 2 is 2.05 bits per heavy atom. The zero-order chi connectivity index (χ0) is 13.8. The van der Waals surface area contributed by atoms with Gasteiger partial charge in [-0.3, -0.25) is 4.79 Å². The maximum atomic E-state index is 13.3. The van der Waals surface area contributed by atoms with E-state index >= 15 is 0 Å². The van der Waals surface area contributed by atoms with E-state index in [1.165, 1.54) is 19.2 Å². The molecule has 1 N–H and O–H groups in total. The Bertz CT molecular complexity index is 608. The average Bonchev–Trinajstić information content (AvgIpc) is 2.38. The standard InChI is InChI=1S/C15H13FO3/c1-19-14-6-5-12(16)9-13(14)11-4-2-3-10(7-11)8-15(17)18/h2-7,9H,8H2,1H3,(H,17,18). The van der Waals surface area contributed by atoms with Crippen LogP contribution < -0.4 is 4.74 Å². The highest BCUT2D eigenvalue weighted by Crippen LogP contribution is 2.31. The minimum absolute atomic E-state index is 0.0640. The molecule has 0 bridgehead atoms. The Morgan fingerprint density at radius 1 is 1.26 bits per heavy atom. The van der Waals surface area contributed by atoms with Crippen LogP contribution in [0.1, 0.15) is 5.56 Å². The van der Waals surface area contributed by atoms with Crippen molar-refractivity contribution < 1.29 is 19.0 Å². The van der Waals surface area contributed by atoms with E-state index in [1.807, 2.05) is 0 Å². The number of ether oxygens (including phenoxy) is 1. The maximum absolute atomic E-state index is 13.3. The minimum atomic E-state index is -0.900. The molecule has 0 radical (unpaired) electrons. The van der Waals surface area contributed by atoms with Crippen LogP contribution >= 0.6 is 0 Å². The van der Waals surface area contributed by atoms with Gasteiger partial charge in [0, 0.05) is 5.56 Å². The fourth-order valence-corrected chi connectivity index (χ4v) is 1.93. The molecule has 2 aromatic carbocycles. The normalized spacial score (nSPS) is 10.2. The number of aliphatic carboxylic acids is 1. The predicted molar refractivity (Wildman–Crippen MR) is 69.7 cm³/mol. The van der Waals surface area contributed by atoms with Gasteiger partial charge in [-0.2, -0.15) is 0 Å². The summed E-state index contributed by atoms with van der Waals surface area (Å²) >= 11 is 0. The smallest absolute Gasteiger partial charge is 0.307 e. The minimum Gasteiger partial charge on any atom is -0.496 e. The maximum Gasteiger partial charge on any atom is 0.307 e.